The maximum Gasteiger partial charge on any atom is 0.408 e. The second-order valence-electron chi connectivity index (χ2n) is 10.5. The Labute approximate surface area is 193 Å². The van der Waals surface area contributed by atoms with Crippen LogP contribution in [0.3, 0.4) is 0 Å². The molecule has 2 unspecified atom stereocenters. The average molecular weight is 448 g/mol. The third-order valence-electron chi connectivity index (χ3n) is 4.47. The molecule has 0 spiro atoms. The van der Waals surface area contributed by atoms with Gasteiger partial charge in [-0.05, 0) is 74.3 Å². The minimum absolute atomic E-state index is 0.256. The molecule has 1 aromatic rings. The smallest absolute Gasteiger partial charge is 0.408 e. The Morgan fingerprint density at radius 2 is 1.53 bits per heavy atom. The van der Waals surface area contributed by atoms with Crippen molar-refractivity contribution in [3.05, 3.63) is 34.9 Å². The quantitative estimate of drug-likeness (QED) is 0.648. The lowest BCUT2D eigenvalue weighted by molar-refractivity contribution is -0.142. The van der Waals surface area contributed by atoms with Crippen LogP contribution in [-0.4, -0.2) is 46.5 Å². The normalized spacial score (nSPS) is 13.7. The summed E-state index contributed by atoms with van der Waals surface area (Å²) in [4.78, 5) is 40.7. The molecule has 1 rings (SSSR count). The van der Waals surface area contributed by atoms with Crippen molar-refractivity contribution in [1.82, 2.24) is 15.5 Å². The van der Waals surface area contributed by atoms with Crippen LogP contribution < -0.4 is 10.6 Å². The summed E-state index contributed by atoms with van der Waals surface area (Å²) in [6, 6.07) is 4.22. The number of hydrogen-bond acceptors (Lipinski definition) is 4. The fourth-order valence-electron chi connectivity index (χ4n) is 3.48. The molecule has 0 aliphatic carbocycles. The fourth-order valence-corrected chi connectivity index (χ4v) is 3.48. The lowest BCUT2D eigenvalue weighted by atomic mass is 9.97. The maximum absolute atomic E-state index is 13.5. The van der Waals surface area contributed by atoms with E-state index in [4.69, 9.17) is 4.74 Å². The van der Waals surface area contributed by atoms with Crippen molar-refractivity contribution in [2.45, 2.75) is 98.9 Å². The van der Waals surface area contributed by atoms with Crippen LogP contribution in [0, 0.1) is 13.8 Å². The van der Waals surface area contributed by atoms with Gasteiger partial charge in [-0.25, -0.2) is 4.79 Å². The van der Waals surface area contributed by atoms with Crippen LogP contribution in [0.25, 0.3) is 0 Å². The first kappa shape index (κ1) is 27.5. The summed E-state index contributed by atoms with van der Waals surface area (Å²) in [5.41, 5.74) is 1.63. The predicted molar refractivity (Wildman–Crippen MR) is 127 cm³/mol. The molecule has 180 valence electrons. The minimum Gasteiger partial charge on any atom is -0.444 e. The van der Waals surface area contributed by atoms with Crippen molar-refractivity contribution in [3.63, 3.8) is 0 Å². The van der Waals surface area contributed by atoms with Gasteiger partial charge in [0.1, 0.15) is 17.7 Å². The molecule has 0 fully saturated rings. The van der Waals surface area contributed by atoms with Crippen LogP contribution in [0.4, 0.5) is 4.79 Å². The summed E-state index contributed by atoms with van der Waals surface area (Å²) >= 11 is 0. The molecule has 0 heterocycles. The Morgan fingerprint density at radius 1 is 1.00 bits per heavy atom. The number of carbonyl (C=O) groups excluding carboxylic acids is 3. The van der Waals surface area contributed by atoms with E-state index >= 15 is 0 Å². The summed E-state index contributed by atoms with van der Waals surface area (Å²) < 4.78 is 5.29. The molecule has 0 aliphatic rings. The zero-order chi connectivity index (χ0) is 24.9. The number of nitrogens with one attached hydrogen (secondary N) is 2. The van der Waals surface area contributed by atoms with Gasteiger partial charge in [-0.1, -0.05) is 36.2 Å². The van der Waals surface area contributed by atoms with E-state index in [1.165, 1.54) is 0 Å². The molecule has 0 aliphatic heterocycles. The van der Waals surface area contributed by atoms with Gasteiger partial charge in [0.25, 0.3) is 0 Å². The van der Waals surface area contributed by atoms with Gasteiger partial charge in [0.15, 0.2) is 0 Å². The Balaban J connectivity index is 3.35. The summed E-state index contributed by atoms with van der Waals surface area (Å²) in [5.74, 6) is -0.598. The van der Waals surface area contributed by atoms with Crippen LogP contribution in [0.15, 0.2) is 18.2 Å². The van der Waals surface area contributed by atoms with E-state index in [0.717, 1.165) is 16.7 Å². The van der Waals surface area contributed by atoms with Gasteiger partial charge in [-0.2, -0.15) is 0 Å². The highest BCUT2D eigenvalue weighted by atomic mass is 16.6. The predicted octanol–water partition coefficient (Wildman–Crippen LogP) is 4.41. The first-order valence-corrected chi connectivity index (χ1v) is 11.2. The van der Waals surface area contributed by atoms with Gasteiger partial charge in [0, 0.05) is 12.1 Å². The minimum atomic E-state index is -0.854. The molecular formula is C25H41N3O4. The molecule has 2 N–H and O–H groups in total. The first-order valence-electron chi connectivity index (χ1n) is 11.2. The topological polar surface area (TPSA) is 87.7 Å². The van der Waals surface area contributed by atoms with Gasteiger partial charge >= 0.3 is 6.09 Å². The van der Waals surface area contributed by atoms with E-state index in [1.54, 1.807) is 32.6 Å². The van der Waals surface area contributed by atoms with Crippen molar-refractivity contribution in [1.29, 1.82) is 0 Å². The van der Waals surface area contributed by atoms with E-state index in [2.05, 4.69) is 10.6 Å². The molecule has 7 heteroatoms. The Kier molecular flexibility index (Phi) is 9.30. The molecule has 3 amide bonds. The monoisotopic (exact) mass is 447 g/mol. The molecule has 0 aromatic heterocycles. The van der Waals surface area contributed by atoms with Crippen molar-refractivity contribution in [3.8, 4) is 0 Å². The molecule has 2 atom stereocenters. The van der Waals surface area contributed by atoms with Crippen LogP contribution >= 0.6 is 0 Å². The summed E-state index contributed by atoms with van der Waals surface area (Å²) in [5, 5.41) is 5.62. The summed E-state index contributed by atoms with van der Waals surface area (Å²) in [7, 11) is 0. The Hall–Kier alpha value is -2.57. The van der Waals surface area contributed by atoms with E-state index in [9.17, 15) is 14.4 Å². The second kappa shape index (κ2) is 10.8. The van der Waals surface area contributed by atoms with Crippen LogP contribution in [0.2, 0.25) is 0 Å². The molecular weight excluding hydrogens is 406 g/mol. The number of ether oxygens (including phenoxy) is 1. The summed E-state index contributed by atoms with van der Waals surface area (Å²) in [6.07, 6.45) is -0.00785. The van der Waals surface area contributed by atoms with Crippen molar-refractivity contribution >= 4 is 17.9 Å². The van der Waals surface area contributed by atoms with E-state index < -0.39 is 29.3 Å². The second-order valence-corrected chi connectivity index (χ2v) is 10.5. The number of hydrogen-bond donors (Lipinski definition) is 2. The van der Waals surface area contributed by atoms with Gasteiger partial charge in [-0.15, -0.1) is 0 Å². The SMILES string of the molecule is CCCN(C(=O)C(C)NC(=O)OC(C)(C)C)C(C(=O)NC(C)(C)C)c1cc(C)cc(C)c1. The zero-order valence-electron chi connectivity index (χ0n) is 21.4. The third kappa shape index (κ3) is 8.89. The average Bonchev–Trinajstić information content (AvgIpc) is 2.56. The number of alkyl carbamates (subject to hydrolysis) is 1. The number of rotatable bonds is 7. The van der Waals surface area contributed by atoms with Crippen LogP contribution in [0.5, 0.6) is 0 Å². The molecule has 0 bridgehead atoms. The third-order valence-corrected chi connectivity index (χ3v) is 4.47. The van der Waals surface area contributed by atoms with E-state index in [1.807, 2.05) is 59.7 Å². The molecule has 0 saturated carbocycles. The highest BCUT2D eigenvalue weighted by molar-refractivity contribution is 5.92. The largest absolute Gasteiger partial charge is 0.444 e. The highest BCUT2D eigenvalue weighted by Gasteiger charge is 2.35. The molecule has 7 nitrogen and oxygen atoms in total. The molecule has 0 saturated heterocycles. The Morgan fingerprint density at radius 3 is 1.97 bits per heavy atom. The number of amides is 3. The lowest BCUT2D eigenvalue weighted by Gasteiger charge is -2.35. The zero-order valence-corrected chi connectivity index (χ0v) is 21.4. The van der Waals surface area contributed by atoms with Gasteiger partial charge in [-0.3, -0.25) is 9.59 Å². The van der Waals surface area contributed by atoms with Crippen LogP contribution in [-0.2, 0) is 14.3 Å². The number of nitrogens with zero attached hydrogens (tertiary/aromatic N) is 1. The van der Waals surface area contributed by atoms with Crippen molar-refractivity contribution in [2.75, 3.05) is 6.54 Å². The van der Waals surface area contributed by atoms with Gasteiger partial charge in [0.2, 0.25) is 11.8 Å². The van der Waals surface area contributed by atoms with E-state index in [0.29, 0.717) is 13.0 Å². The number of aryl methyl sites for hydroxylation is 2. The molecule has 1 aromatic carbocycles. The maximum atomic E-state index is 13.5. The van der Waals surface area contributed by atoms with Crippen molar-refractivity contribution in [2.24, 2.45) is 0 Å². The van der Waals surface area contributed by atoms with Crippen LogP contribution in [0.1, 0.15) is 84.5 Å². The number of benzene rings is 1. The first-order chi connectivity index (χ1) is 14.5. The highest BCUT2D eigenvalue weighted by Crippen LogP contribution is 2.26. The van der Waals surface area contributed by atoms with Gasteiger partial charge in [0.05, 0.1) is 0 Å². The van der Waals surface area contributed by atoms with Gasteiger partial charge < -0.3 is 20.3 Å². The summed E-state index contributed by atoms with van der Waals surface area (Å²) in [6.45, 7) is 18.9. The fraction of sp³-hybridized carbons (Fsp3) is 0.640. The standard InChI is InChI=1S/C25H41N3O4/c1-11-12-28(22(30)18(4)26-23(31)32-25(8,9)10)20(21(29)27-24(5,6)7)19-14-16(2)13-17(3)15-19/h13-15,18,20H,11-12H2,1-10H3,(H,26,31)(H,27,29). The molecule has 32 heavy (non-hydrogen) atoms. The Bertz CT molecular complexity index is 801. The van der Waals surface area contributed by atoms with Crippen molar-refractivity contribution < 1.29 is 19.1 Å². The molecule has 0 radical (unpaired) electrons. The lowest BCUT2D eigenvalue weighted by Crippen LogP contribution is -2.54. The number of carbonyl (C=O) groups is 3. The van der Waals surface area contributed by atoms with E-state index in [-0.39, 0.29) is 11.8 Å².